The summed E-state index contributed by atoms with van der Waals surface area (Å²) in [6.45, 7) is 4.11. The molecule has 6 nitrogen and oxygen atoms in total. The Morgan fingerprint density at radius 2 is 1.72 bits per heavy atom. The average Bonchev–Trinajstić information content (AvgIpc) is 3.27. The number of amides is 1. The summed E-state index contributed by atoms with van der Waals surface area (Å²) in [4.78, 5) is 17.2. The second kappa shape index (κ2) is 9.92. The van der Waals surface area contributed by atoms with Gasteiger partial charge in [0.15, 0.2) is 10.9 Å². The molecule has 1 amide bonds. The Morgan fingerprint density at radius 1 is 1.00 bits per heavy atom. The van der Waals surface area contributed by atoms with Gasteiger partial charge in [-0.25, -0.2) is 0 Å². The summed E-state index contributed by atoms with van der Waals surface area (Å²) in [5.74, 6) is 0.104. The lowest BCUT2D eigenvalue weighted by molar-refractivity contribution is 0.0951. The fourth-order valence-electron chi connectivity index (χ4n) is 3.44. The molecule has 1 fully saturated rings. The van der Waals surface area contributed by atoms with Crippen LogP contribution in [0, 0.1) is 0 Å². The number of carbonyl (C=O) groups is 1. The van der Waals surface area contributed by atoms with Crippen LogP contribution in [0.15, 0.2) is 59.0 Å². The standard InChI is InChI=1S/C23H22Cl2N4O2S/c1-28-10-12-29(13-11-28)17-5-3-16(4-6-17)26-23(32)27-22(30)21-9-8-20(31-21)18-14-15(24)2-7-19(18)25/h2-9,14H,10-13H2,1H3,(H2,26,27,30,32). The van der Waals surface area contributed by atoms with Gasteiger partial charge in [-0.2, -0.15) is 0 Å². The zero-order valence-corrected chi connectivity index (χ0v) is 19.7. The summed E-state index contributed by atoms with van der Waals surface area (Å²) >= 11 is 17.5. The summed E-state index contributed by atoms with van der Waals surface area (Å²) in [5, 5.41) is 6.84. The average molecular weight is 489 g/mol. The molecule has 2 heterocycles. The predicted octanol–water partition coefficient (Wildman–Crippen LogP) is 5.13. The van der Waals surface area contributed by atoms with Crippen molar-refractivity contribution in [2.24, 2.45) is 0 Å². The molecule has 32 heavy (non-hydrogen) atoms. The number of nitrogens with one attached hydrogen (secondary N) is 2. The number of benzene rings is 2. The zero-order chi connectivity index (χ0) is 22.7. The van der Waals surface area contributed by atoms with Crippen LogP contribution in [0.3, 0.4) is 0 Å². The van der Waals surface area contributed by atoms with Crippen LogP contribution in [0.4, 0.5) is 11.4 Å². The molecule has 0 bridgehead atoms. The van der Waals surface area contributed by atoms with Gasteiger partial charge < -0.3 is 19.5 Å². The van der Waals surface area contributed by atoms with E-state index in [0.717, 1.165) is 31.9 Å². The van der Waals surface area contributed by atoms with E-state index in [2.05, 4.69) is 27.5 Å². The van der Waals surface area contributed by atoms with Crippen LogP contribution in [0.1, 0.15) is 10.6 Å². The molecule has 0 saturated carbocycles. The quantitative estimate of drug-likeness (QED) is 0.496. The van der Waals surface area contributed by atoms with Gasteiger partial charge in [-0.05, 0) is 73.9 Å². The predicted molar refractivity (Wildman–Crippen MR) is 134 cm³/mol. The fourth-order valence-corrected chi connectivity index (χ4v) is 4.03. The molecular weight excluding hydrogens is 467 g/mol. The molecule has 1 aliphatic heterocycles. The normalized spacial score (nSPS) is 14.3. The zero-order valence-electron chi connectivity index (χ0n) is 17.4. The number of hydrogen-bond donors (Lipinski definition) is 2. The van der Waals surface area contributed by atoms with Crippen LogP contribution in [0.2, 0.25) is 10.0 Å². The van der Waals surface area contributed by atoms with Crippen LogP contribution >= 0.6 is 35.4 Å². The lowest BCUT2D eigenvalue weighted by Crippen LogP contribution is -2.44. The SMILES string of the molecule is CN1CCN(c2ccc(NC(=S)NC(=O)c3ccc(-c4cc(Cl)ccc4Cl)o3)cc2)CC1. The van der Waals surface area contributed by atoms with Crippen LogP contribution in [-0.4, -0.2) is 49.1 Å². The van der Waals surface area contributed by atoms with Gasteiger partial charge in [0.2, 0.25) is 0 Å². The van der Waals surface area contributed by atoms with Gasteiger partial charge >= 0.3 is 0 Å². The molecule has 2 aromatic carbocycles. The van der Waals surface area contributed by atoms with E-state index in [4.69, 9.17) is 39.8 Å². The molecule has 9 heteroatoms. The van der Waals surface area contributed by atoms with Gasteiger partial charge in [0.1, 0.15) is 5.76 Å². The number of furan rings is 1. The van der Waals surface area contributed by atoms with Gasteiger partial charge in [0.05, 0.1) is 5.02 Å². The van der Waals surface area contributed by atoms with E-state index < -0.39 is 5.91 Å². The van der Waals surface area contributed by atoms with E-state index in [1.165, 1.54) is 5.69 Å². The number of carbonyl (C=O) groups excluding carboxylic acids is 1. The van der Waals surface area contributed by atoms with Crippen LogP contribution in [0.25, 0.3) is 11.3 Å². The Morgan fingerprint density at radius 3 is 2.44 bits per heavy atom. The third-order valence-electron chi connectivity index (χ3n) is 5.24. The van der Waals surface area contributed by atoms with E-state index in [0.29, 0.717) is 21.4 Å². The second-order valence-corrected chi connectivity index (χ2v) is 8.79. The van der Waals surface area contributed by atoms with Crippen molar-refractivity contribution in [2.45, 2.75) is 0 Å². The molecule has 1 aromatic heterocycles. The van der Waals surface area contributed by atoms with E-state index in [-0.39, 0.29) is 10.9 Å². The first-order valence-corrected chi connectivity index (χ1v) is 11.3. The van der Waals surface area contributed by atoms with Gasteiger partial charge in [-0.15, -0.1) is 0 Å². The van der Waals surface area contributed by atoms with Crippen molar-refractivity contribution in [2.75, 3.05) is 43.4 Å². The van der Waals surface area contributed by atoms with Crippen LogP contribution in [0.5, 0.6) is 0 Å². The summed E-state index contributed by atoms with van der Waals surface area (Å²) < 4.78 is 5.66. The van der Waals surface area contributed by atoms with Gasteiger partial charge in [0.25, 0.3) is 5.91 Å². The first kappa shape index (κ1) is 22.6. The Balaban J connectivity index is 1.35. The van der Waals surface area contributed by atoms with Gasteiger partial charge in [0, 0.05) is 48.1 Å². The monoisotopic (exact) mass is 488 g/mol. The largest absolute Gasteiger partial charge is 0.451 e. The van der Waals surface area contributed by atoms with E-state index >= 15 is 0 Å². The number of halogens is 2. The maximum Gasteiger partial charge on any atom is 0.293 e. The first-order chi connectivity index (χ1) is 15.4. The highest BCUT2D eigenvalue weighted by atomic mass is 35.5. The molecule has 4 rings (SSSR count). The molecule has 2 N–H and O–H groups in total. The number of nitrogens with zero attached hydrogens (tertiary/aromatic N) is 2. The maximum absolute atomic E-state index is 12.5. The van der Waals surface area contributed by atoms with E-state index in [1.54, 1.807) is 30.3 Å². The number of thiocarbonyl (C=S) groups is 1. The van der Waals surface area contributed by atoms with Crippen molar-refractivity contribution in [3.63, 3.8) is 0 Å². The molecule has 3 aromatic rings. The number of hydrogen-bond acceptors (Lipinski definition) is 5. The number of rotatable bonds is 4. The van der Waals surface area contributed by atoms with Crippen molar-refractivity contribution in [1.29, 1.82) is 0 Å². The summed E-state index contributed by atoms with van der Waals surface area (Å²) in [7, 11) is 2.13. The lowest BCUT2D eigenvalue weighted by Gasteiger charge is -2.34. The van der Waals surface area contributed by atoms with E-state index in [1.807, 2.05) is 24.3 Å². The van der Waals surface area contributed by atoms with Crippen molar-refractivity contribution in [3.8, 4) is 11.3 Å². The smallest absolute Gasteiger partial charge is 0.293 e. The number of likely N-dealkylation sites (N-methyl/N-ethyl adjacent to an activating group) is 1. The highest BCUT2D eigenvalue weighted by Gasteiger charge is 2.16. The van der Waals surface area contributed by atoms with Crippen molar-refractivity contribution in [3.05, 3.63) is 70.4 Å². The molecule has 0 spiro atoms. The van der Waals surface area contributed by atoms with Crippen molar-refractivity contribution in [1.82, 2.24) is 10.2 Å². The number of piperazine rings is 1. The molecule has 0 atom stereocenters. The molecule has 0 radical (unpaired) electrons. The summed E-state index contributed by atoms with van der Waals surface area (Å²) in [5.41, 5.74) is 2.57. The third-order valence-corrected chi connectivity index (χ3v) is 6.01. The number of anilines is 2. The van der Waals surface area contributed by atoms with Gasteiger partial charge in [-0.3, -0.25) is 10.1 Å². The minimum Gasteiger partial charge on any atom is -0.451 e. The van der Waals surface area contributed by atoms with Crippen molar-refractivity contribution < 1.29 is 9.21 Å². The molecule has 1 aliphatic rings. The second-order valence-electron chi connectivity index (χ2n) is 7.53. The minimum absolute atomic E-state index is 0.116. The fraction of sp³-hybridized carbons (Fsp3) is 0.217. The molecule has 0 aliphatic carbocycles. The summed E-state index contributed by atoms with van der Waals surface area (Å²) in [6, 6.07) is 16.3. The Bertz CT molecular complexity index is 1130. The molecule has 166 valence electrons. The Hall–Kier alpha value is -2.58. The highest BCUT2D eigenvalue weighted by molar-refractivity contribution is 7.80. The molecular formula is C23H22Cl2N4O2S. The van der Waals surface area contributed by atoms with Crippen molar-refractivity contribution >= 4 is 57.8 Å². The van der Waals surface area contributed by atoms with Gasteiger partial charge in [-0.1, -0.05) is 23.2 Å². The Labute approximate surface area is 202 Å². The first-order valence-electron chi connectivity index (χ1n) is 10.1. The molecule has 1 saturated heterocycles. The Kier molecular flexibility index (Phi) is 7.01. The van der Waals surface area contributed by atoms with Crippen LogP contribution < -0.4 is 15.5 Å². The maximum atomic E-state index is 12.5. The summed E-state index contributed by atoms with van der Waals surface area (Å²) in [6.07, 6.45) is 0. The topological polar surface area (TPSA) is 60.8 Å². The third kappa shape index (κ3) is 5.42. The highest BCUT2D eigenvalue weighted by Crippen LogP contribution is 2.31. The minimum atomic E-state index is -0.457. The van der Waals surface area contributed by atoms with Crippen LogP contribution in [-0.2, 0) is 0 Å². The van der Waals surface area contributed by atoms with E-state index in [9.17, 15) is 4.79 Å². The molecule has 0 unspecified atom stereocenters. The lowest BCUT2D eigenvalue weighted by atomic mass is 10.2.